The van der Waals surface area contributed by atoms with Crippen LogP contribution < -0.4 is 25.9 Å². The van der Waals surface area contributed by atoms with Crippen LogP contribution in [0.15, 0.2) is 158 Å². The van der Waals surface area contributed by atoms with Gasteiger partial charge in [-0.1, -0.05) is 146 Å². The van der Waals surface area contributed by atoms with E-state index < -0.39 is 0 Å². The van der Waals surface area contributed by atoms with Gasteiger partial charge in [0.25, 0.3) is 0 Å². The van der Waals surface area contributed by atoms with Crippen molar-refractivity contribution in [3.05, 3.63) is 180 Å². The highest BCUT2D eigenvalue weighted by Gasteiger charge is 2.38. The molecule has 3 aliphatic rings. The fraction of sp³-hybridized carbons (Fsp3) is 0.246. The number of fused-ring (bicyclic) bond motifs is 12. The summed E-state index contributed by atoms with van der Waals surface area (Å²) in [6.07, 6.45) is 7.15. The molecule has 0 amide bonds. The highest BCUT2D eigenvalue weighted by Crippen LogP contribution is 2.55. The summed E-state index contributed by atoms with van der Waals surface area (Å²) in [5, 5.41) is 11.6. The predicted octanol–water partition coefficient (Wildman–Crippen LogP) is 18.6. The molecule has 9 aromatic carbocycles. The lowest BCUT2D eigenvalue weighted by molar-refractivity contribution is 0.332. The summed E-state index contributed by atoms with van der Waals surface area (Å²) >= 11 is 1.94. The fourth-order valence-corrected chi connectivity index (χ4v) is 14.0. The summed E-state index contributed by atoms with van der Waals surface area (Å²) in [5.41, 5.74) is 19.6. The molecule has 6 heteroatoms. The van der Waals surface area contributed by atoms with Crippen LogP contribution in [0.2, 0.25) is 0 Å². The molecule has 1 N–H and O–H groups in total. The van der Waals surface area contributed by atoms with Crippen LogP contribution in [0.3, 0.4) is 0 Å². The van der Waals surface area contributed by atoms with E-state index in [0.29, 0.717) is 0 Å². The number of unbranched alkanes of at least 4 members (excludes halogenated alkanes) is 2. The average molecular weight is 993 g/mol. The highest BCUT2D eigenvalue weighted by molar-refractivity contribution is 7.25. The van der Waals surface area contributed by atoms with Gasteiger partial charge in [0.1, 0.15) is 0 Å². The third kappa shape index (κ3) is 7.37. The molecule has 1 radical (unpaired) electrons. The second kappa shape index (κ2) is 16.9. The topological polar surface area (TPSA) is 29.4 Å². The number of hydrogen-bond donors (Lipinski definition) is 1. The van der Waals surface area contributed by atoms with E-state index in [1.165, 1.54) is 135 Å². The lowest BCUT2D eigenvalue weighted by Gasteiger charge is -2.41. The minimum Gasteiger partial charge on any atom is -0.453 e. The Morgan fingerprint density at radius 2 is 1.27 bits per heavy atom. The first-order chi connectivity index (χ1) is 36.2. The number of hydrogen-bond acceptors (Lipinski definition) is 4. The first-order valence-electron chi connectivity index (χ1n) is 27.3. The minimum absolute atomic E-state index is 0.0338. The molecule has 369 valence electrons. The Bertz CT molecular complexity index is 4120. The van der Waals surface area contributed by atoms with Crippen molar-refractivity contribution in [3.8, 4) is 28.3 Å². The van der Waals surface area contributed by atoms with Crippen LogP contribution >= 0.6 is 11.3 Å². The van der Waals surface area contributed by atoms with Gasteiger partial charge in [0.05, 0.1) is 28.1 Å². The van der Waals surface area contributed by atoms with Crippen LogP contribution in [0.5, 0.6) is 11.5 Å². The van der Waals surface area contributed by atoms with Gasteiger partial charge < -0.3 is 19.5 Å². The van der Waals surface area contributed by atoms with Gasteiger partial charge in [-0.25, -0.2) is 0 Å². The van der Waals surface area contributed by atoms with Crippen molar-refractivity contribution in [1.29, 1.82) is 0 Å². The van der Waals surface area contributed by atoms with Crippen LogP contribution in [-0.2, 0) is 22.7 Å². The van der Waals surface area contributed by atoms with Gasteiger partial charge in [0.2, 0.25) is 0 Å². The number of aromatic nitrogens is 1. The van der Waals surface area contributed by atoms with E-state index in [1.54, 1.807) is 0 Å². The van der Waals surface area contributed by atoms with Gasteiger partial charge in [-0.05, 0) is 171 Å². The third-order valence-corrected chi connectivity index (χ3v) is 18.3. The molecule has 0 bridgehead atoms. The van der Waals surface area contributed by atoms with Crippen molar-refractivity contribution >= 4 is 111 Å². The van der Waals surface area contributed by atoms with Crippen LogP contribution in [-0.4, -0.2) is 11.8 Å². The van der Waals surface area contributed by atoms with Crippen LogP contribution in [0.1, 0.15) is 110 Å². The molecule has 0 spiro atoms. The molecule has 1 aliphatic carbocycles. The first-order valence-corrected chi connectivity index (χ1v) is 28.2. The van der Waals surface area contributed by atoms with Gasteiger partial charge in [0, 0.05) is 53.6 Å². The molecule has 0 atom stereocenters. The van der Waals surface area contributed by atoms with E-state index in [0.717, 1.165) is 46.4 Å². The maximum atomic E-state index is 6.75. The van der Waals surface area contributed by atoms with E-state index in [1.807, 2.05) is 11.3 Å². The zero-order chi connectivity index (χ0) is 51.1. The Kier molecular flexibility index (Phi) is 10.4. The van der Waals surface area contributed by atoms with Crippen LogP contribution in [0.25, 0.3) is 69.6 Å². The number of anilines is 5. The number of benzene rings is 9. The molecule has 75 heavy (non-hydrogen) atoms. The number of nitrogens with zero attached hydrogens (tertiary/aromatic N) is 2. The fourth-order valence-electron chi connectivity index (χ4n) is 12.9. The Labute approximate surface area is 446 Å². The quantitative estimate of drug-likeness (QED) is 0.122. The second-order valence-corrected chi connectivity index (χ2v) is 25.2. The molecule has 0 fully saturated rings. The van der Waals surface area contributed by atoms with Crippen molar-refractivity contribution < 1.29 is 4.74 Å². The summed E-state index contributed by atoms with van der Waals surface area (Å²) in [4.78, 5) is 2.48. The number of nitrogens with one attached hydrogen (secondary N) is 1. The van der Waals surface area contributed by atoms with Crippen LogP contribution in [0.4, 0.5) is 28.4 Å². The molecule has 0 unspecified atom stereocenters. The lowest BCUT2D eigenvalue weighted by atomic mass is 9.58. The average Bonchev–Trinajstić information content (AvgIpc) is 4.15. The van der Waals surface area contributed by atoms with Crippen molar-refractivity contribution in [1.82, 2.24) is 4.57 Å². The minimum atomic E-state index is -0.0338. The number of thiophene rings is 1. The zero-order valence-electron chi connectivity index (χ0n) is 44.5. The molecule has 14 rings (SSSR count). The van der Waals surface area contributed by atoms with Crippen molar-refractivity contribution in [2.45, 2.75) is 110 Å². The Morgan fingerprint density at radius 1 is 0.613 bits per heavy atom. The predicted molar refractivity (Wildman–Crippen MR) is 323 cm³/mol. The van der Waals surface area contributed by atoms with Gasteiger partial charge in [-0.3, -0.25) is 0 Å². The van der Waals surface area contributed by atoms with Gasteiger partial charge in [0.15, 0.2) is 18.8 Å². The maximum Gasteiger partial charge on any atom is 0.197 e. The van der Waals surface area contributed by atoms with Crippen molar-refractivity contribution in [3.63, 3.8) is 0 Å². The maximum absolute atomic E-state index is 6.75. The van der Waals surface area contributed by atoms with Crippen molar-refractivity contribution in [2.24, 2.45) is 0 Å². The van der Waals surface area contributed by atoms with Gasteiger partial charge in [-0.2, -0.15) is 0 Å². The summed E-state index contributed by atoms with van der Waals surface area (Å²) in [6.45, 7) is 19.1. The number of para-hydroxylation sites is 4. The summed E-state index contributed by atoms with van der Waals surface area (Å²) in [5.74, 6) is 1.67. The van der Waals surface area contributed by atoms with E-state index in [4.69, 9.17) is 4.74 Å². The first kappa shape index (κ1) is 46.3. The molecule has 0 saturated heterocycles. The van der Waals surface area contributed by atoms with E-state index >= 15 is 0 Å². The summed E-state index contributed by atoms with van der Waals surface area (Å²) < 4.78 is 12.0. The SMILES string of the molecule is CCCCCc1ccc(Nc2cc3sc4cc5c(cc4c3cc2-c2cc(N3c4ccccc4Oc4ccccc43)c3c4cc6ccccc6cc4n4c3c2[B]c2cc(C(C)(C)C)ccc2-4)C(C)(C)CCC5(C)C)cc1. The zero-order valence-corrected chi connectivity index (χ0v) is 45.4. The second-order valence-electron chi connectivity index (χ2n) is 24.1. The lowest BCUT2D eigenvalue weighted by Crippen LogP contribution is -2.38. The molecule has 2 aliphatic heterocycles. The summed E-state index contributed by atoms with van der Waals surface area (Å²) in [6, 6.07) is 59.9. The molecule has 4 nitrogen and oxygen atoms in total. The molecule has 11 aromatic rings. The smallest absolute Gasteiger partial charge is 0.197 e. The third-order valence-electron chi connectivity index (χ3n) is 17.2. The number of rotatable bonds is 8. The molecular weight excluding hydrogens is 930 g/mol. The van der Waals surface area contributed by atoms with E-state index in [-0.39, 0.29) is 16.2 Å². The Balaban J connectivity index is 1.12. The largest absolute Gasteiger partial charge is 0.453 e. The van der Waals surface area contributed by atoms with Gasteiger partial charge >= 0.3 is 0 Å². The monoisotopic (exact) mass is 992 g/mol. The molecule has 4 heterocycles. The van der Waals surface area contributed by atoms with Crippen molar-refractivity contribution in [2.75, 3.05) is 10.2 Å². The molecular formula is C69H63BN3OS. The van der Waals surface area contributed by atoms with E-state index in [2.05, 4.69) is 235 Å². The van der Waals surface area contributed by atoms with E-state index in [9.17, 15) is 0 Å². The Morgan fingerprint density at radius 3 is 1.97 bits per heavy atom. The molecule has 0 saturated carbocycles. The standard InChI is InChI=1S/C69H63BN3OS/c1-9-10-11-18-41-25-28-45(29-26-41)71-54-40-63-47(48-37-51-52(39-62(48)75-63)69(7,8)32-31-68(51,5)6)36-46(54)49-38-59(72-56-21-14-16-23-60(56)74-61-24-17-15-22-57(61)72)64-50-33-42-19-12-13-20-43(42)34-58(50)73-55-30-27-44(67(2,3)4)35-53(55)70-65(49)66(64)73/h12-17,19-30,33-40,71H,9-11,18,31-32H2,1-8H3. The van der Waals surface area contributed by atoms with Crippen LogP contribution in [0, 0.1) is 0 Å². The normalized spacial score (nSPS) is 15.2. The summed E-state index contributed by atoms with van der Waals surface area (Å²) in [7, 11) is 2.51. The number of ether oxygens (including phenoxy) is 1. The number of aryl methyl sites for hydroxylation is 1. The highest BCUT2D eigenvalue weighted by atomic mass is 32.1. The molecule has 2 aromatic heterocycles. The Hall–Kier alpha value is -7.28. The van der Waals surface area contributed by atoms with Gasteiger partial charge in [-0.15, -0.1) is 11.3 Å².